The number of ether oxygens (including phenoxy) is 2. The lowest BCUT2D eigenvalue weighted by Gasteiger charge is -2.30. The molecule has 7 aromatic carbocycles. The van der Waals surface area contributed by atoms with Crippen LogP contribution < -0.4 is 19.3 Å². The van der Waals surface area contributed by atoms with E-state index in [0.29, 0.717) is 0 Å². The summed E-state index contributed by atoms with van der Waals surface area (Å²) in [6.45, 7) is 18.7. The van der Waals surface area contributed by atoms with E-state index in [1.165, 1.54) is 112 Å². The third kappa shape index (κ3) is 7.34. The first kappa shape index (κ1) is 48.8. The maximum Gasteiger partial charge on any atom is 0.210 e. The number of rotatable bonds is 10. The fourth-order valence-corrected chi connectivity index (χ4v) is 14.1. The van der Waals surface area contributed by atoms with Gasteiger partial charge in [-0.2, -0.15) is 9.15 Å². The number of aryl methyl sites for hydroxylation is 2. The number of hydrogen-bond acceptors (Lipinski definition) is 4. The van der Waals surface area contributed by atoms with E-state index in [0.717, 1.165) is 24.3 Å². The summed E-state index contributed by atoms with van der Waals surface area (Å²) in [5, 5.41) is 5.21. The van der Waals surface area contributed by atoms with Crippen molar-refractivity contribution in [1.82, 2.24) is 0 Å². The predicted octanol–water partition coefficient (Wildman–Crippen LogP) is 14.8. The van der Waals surface area contributed by atoms with Crippen molar-refractivity contribution in [3.63, 3.8) is 0 Å². The molecule has 0 saturated carbocycles. The lowest BCUT2D eigenvalue weighted by molar-refractivity contribution is -0.401. The van der Waals surface area contributed by atoms with Crippen molar-refractivity contribution in [2.75, 3.05) is 52.2 Å². The van der Waals surface area contributed by atoms with Crippen LogP contribution in [0.3, 0.4) is 0 Å². The largest absolute Gasteiger partial charge is 0.497 e. The van der Waals surface area contributed by atoms with E-state index in [-0.39, 0.29) is 21.7 Å². The molecule has 0 fully saturated rings. The van der Waals surface area contributed by atoms with Crippen LogP contribution in [0.4, 0.5) is 22.7 Å². The average molecular weight is 977 g/mol. The second-order valence-corrected chi connectivity index (χ2v) is 23.0. The second-order valence-electron chi connectivity index (χ2n) is 23.0. The average Bonchev–Trinajstić information content (AvgIpc) is 3.90. The summed E-state index contributed by atoms with van der Waals surface area (Å²) in [5.74, 6) is 1.78. The number of anilines is 2. The third-order valence-corrected chi connectivity index (χ3v) is 17.7. The van der Waals surface area contributed by atoms with E-state index >= 15 is 0 Å². The van der Waals surface area contributed by atoms with E-state index in [4.69, 9.17) is 9.47 Å². The van der Waals surface area contributed by atoms with Crippen molar-refractivity contribution in [2.45, 2.75) is 89.9 Å². The molecule has 374 valence electrons. The highest BCUT2D eigenvalue weighted by Crippen LogP contribution is 2.54. The van der Waals surface area contributed by atoms with Gasteiger partial charge in [0.05, 0.1) is 25.0 Å². The van der Waals surface area contributed by atoms with Gasteiger partial charge in [0.15, 0.2) is 11.4 Å². The number of likely N-dealkylation sites (N-methyl/N-ethyl adjacent to an activating group) is 2. The van der Waals surface area contributed by atoms with Gasteiger partial charge in [0.1, 0.15) is 25.6 Å². The molecule has 6 heteroatoms. The molecule has 6 nitrogen and oxygen atoms in total. The van der Waals surface area contributed by atoms with Gasteiger partial charge >= 0.3 is 0 Å². The second kappa shape index (κ2) is 17.6. The topological polar surface area (TPSA) is 31.0 Å². The van der Waals surface area contributed by atoms with E-state index in [1.807, 2.05) is 0 Å². The molecule has 4 heterocycles. The highest BCUT2D eigenvalue weighted by atomic mass is 16.5. The lowest BCUT2D eigenvalue weighted by Crippen LogP contribution is -2.29. The molecule has 0 radical (unpaired) electrons. The first-order valence-corrected chi connectivity index (χ1v) is 26.3. The number of nitrogens with zero attached hydrogens (tertiary/aromatic N) is 4. The summed E-state index contributed by atoms with van der Waals surface area (Å²) < 4.78 is 16.6. The molecular weight excluding hydrogens is 905 g/mol. The molecule has 2 atom stereocenters. The first-order valence-electron chi connectivity index (χ1n) is 26.3. The van der Waals surface area contributed by atoms with Gasteiger partial charge in [0, 0.05) is 83.1 Å². The van der Waals surface area contributed by atoms with E-state index in [1.54, 1.807) is 14.2 Å². The molecular formula is C68H72N4O2+2. The third-order valence-electron chi connectivity index (χ3n) is 17.7. The minimum Gasteiger partial charge on any atom is -0.497 e. The molecule has 4 aliphatic heterocycles. The lowest BCUT2D eigenvalue weighted by atomic mass is 9.74. The van der Waals surface area contributed by atoms with Crippen LogP contribution in [0.25, 0.3) is 21.5 Å². The van der Waals surface area contributed by atoms with Gasteiger partial charge in [0.2, 0.25) is 11.4 Å². The monoisotopic (exact) mass is 977 g/mol. The Balaban J connectivity index is 0.922. The molecule has 0 amide bonds. The highest BCUT2D eigenvalue weighted by Gasteiger charge is 2.48. The molecule has 0 aromatic heterocycles. The maximum atomic E-state index is 5.94. The summed E-state index contributed by atoms with van der Waals surface area (Å²) in [4.78, 5) is 4.83. The molecule has 0 saturated heterocycles. The van der Waals surface area contributed by atoms with Gasteiger partial charge < -0.3 is 19.3 Å². The molecule has 0 spiro atoms. The van der Waals surface area contributed by atoms with Crippen LogP contribution >= 0.6 is 0 Å². The van der Waals surface area contributed by atoms with Gasteiger partial charge in [-0.15, -0.1) is 0 Å². The molecule has 4 aliphatic rings. The Hall–Kier alpha value is -7.44. The van der Waals surface area contributed by atoms with Crippen LogP contribution in [0.15, 0.2) is 169 Å². The Labute approximate surface area is 439 Å². The number of fused-ring (bicyclic) bond motifs is 8. The zero-order valence-electron chi connectivity index (χ0n) is 46.0. The first-order chi connectivity index (χ1) is 35.3. The Morgan fingerprint density at radius 1 is 0.500 bits per heavy atom. The summed E-state index contributed by atoms with van der Waals surface area (Å²) in [6.07, 6.45) is 15.6. The molecule has 0 aliphatic carbocycles. The van der Waals surface area contributed by atoms with Crippen LogP contribution in [-0.4, -0.2) is 63.0 Å². The summed E-state index contributed by atoms with van der Waals surface area (Å²) in [7, 11) is 12.4. The van der Waals surface area contributed by atoms with Crippen LogP contribution in [0.1, 0.15) is 86.1 Å². The van der Waals surface area contributed by atoms with E-state index < -0.39 is 0 Å². The summed E-state index contributed by atoms with van der Waals surface area (Å²) in [6, 6.07) is 45.0. The van der Waals surface area contributed by atoms with Gasteiger partial charge in [-0.1, -0.05) is 84.9 Å². The zero-order valence-corrected chi connectivity index (χ0v) is 46.0. The van der Waals surface area contributed by atoms with Gasteiger partial charge in [-0.05, 0) is 172 Å². The van der Waals surface area contributed by atoms with Crippen molar-refractivity contribution in [3.05, 3.63) is 214 Å². The van der Waals surface area contributed by atoms with Crippen molar-refractivity contribution in [1.29, 1.82) is 0 Å². The molecule has 0 bridgehead atoms. The van der Waals surface area contributed by atoms with Crippen molar-refractivity contribution in [2.24, 2.45) is 0 Å². The molecule has 11 rings (SSSR count). The van der Waals surface area contributed by atoms with Gasteiger partial charge in [-0.3, -0.25) is 0 Å². The van der Waals surface area contributed by atoms with Crippen molar-refractivity contribution < 1.29 is 18.6 Å². The van der Waals surface area contributed by atoms with Crippen LogP contribution in [0, 0.1) is 13.8 Å². The number of hydrogen-bond donors (Lipinski definition) is 0. The number of benzene rings is 7. The summed E-state index contributed by atoms with van der Waals surface area (Å²) in [5.41, 5.74) is 19.5. The van der Waals surface area contributed by atoms with Gasteiger partial charge in [0.25, 0.3) is 0 Å². The van der Waals surface area contributed by atoms with Crippen molar-refractivity contribution in [3.8, 4) is 11.5 Å². The fourth-order valence-electron chi connectivity index (χ4n) is 14.1. The van der Waals surface area contributed by atoms with Crippen LogP contribution in [-0.2, 0) is 34.5 Å². The molecule has 0 N–H and O–H groups in total. The Morgan fingerprint density at radius 2 is 0.878 bits per heavy atom. The SMILES string of the molecule is COc1cc(C)c2c(c1)C(C)(Cc1ccc(CC3(C)C(=CC=CC4=[N+](C)c5ccc6ccccc6c5C4(C)C)N(C)c4c(C)cc(OC)cc43)cc1)C(=CC=CC1=[N+](C)c3ccc4ccccc4c3C1(C)C)N2C. The van der Waals surface area contributed by atoms with Crippen molar-refractivity contribution >= 4 is 55.7 Å². The standard InChI is InChI=1S/C68H72N4O2/c1-43-37-49(73-13)39-53-63(43)71(11)59(27-19-25-57-65(3,4)61-51-23-17-15-21-47(51)33-35-55(61)69(57)9)67(53,7)41-45-29-31-46(32-30-45)42-68(8)54-40-50(74-14)38-44(2)64(54)72(12)60(68)28-20-26-58-66(5,6)62-52-24-18-16-22-48(52)34-36-56(62)70(58)10/h15-40H,41-42H2,1-14H3/q+2. The van der Waals surface area contributed by atoms with Crippen LogP contribution in [0.5, 0.6) is 11.5 Å². The molecule has 2 unspecified atom stereocenters. The van der Waals surface area contributed by atoms with E-state index in [9.17, 15) is 0 Å². The Bertz CT molecular complexity index is 3450. The van der Waals surface area contributed by atoms with Gasteiger partial charge in [-0.25, -0.2) is 0 Å². The Kier molecular flexibility index (Phi) is 11.6. The molecule has 74 heavy (non-hydrogen) atoms. The number of allylic oxidation sites excluding steroid dienone is 8. The zero-order chi connectivity index (χ0) is 52.2. The Morgan fingerprint density at radius 3 is 1.26 bits per heavy atom. The highest BCUT2D eigenvalue weighted by molar-refractivity contribution is 6.09. The minimum absolute atomic E-state index is 0.170. The molecule has 7 aromatic rings. The van der Waals surface area contributed by atoms with E-state index in [2.05, 4.69) is 260 Å². The minimum atomic E-state index is -0.333. The number of methoxy groups -OCH3 is 2. The maximum absolute atomic E-state index is 5.94. The fraction of sp³-hybridized carbons (Fsp3) is 0.294. The summed E-state index contributed by atoms with van der Waals surface area (Å²) >= 11 is 0. The quantitative estimate of drug-likeness (QED) is 0.128. The smallest absolute Gasteiger partial charge is 0.210 e. The van der Waals surface area contributed by atoms with Crippen LogP contribution in [0.2, 0.25) is 0 Å². The normalized spacial score (nSPS) is 21.6. The predicted molar refractivity (Wildman–Crippen MR) is 311 cm³/mol.